The summed E-state index contributed by atoms with van der Waals surface area (Å²) in [5.41, 5.74) is 7.21. The van der Waals surface area contributed by atoms with Gasteiger partial charge < -0.3 is 10.5 Å². The van der Waals surface area contributed by atoms with E-state index in [1.54, 1.807) is 30.5 Å². The Bertz CT molecular complexity index is 514. The van der Waals surface area contributed by atoms with Crippen molar-refractivity contribution in [1.82, 2.24) is 4.98 Å². The number of anilines is 1. The van der Waals surface area contributed by atoms with Gasteiger partial charge in [-0.15, -0.1) is 0 Å². The fourth-order valence-electron chi connectivity index (χ4n) is 1.28. The fourth-order valence-corrected chi connectivity index (χ4v) is 1.40. The highest BCUT2D eigenvalue weighted by Crippen LogP contribution is 2.25. The molecule has 0 radical (unpaired) electrons. The highest BCUT2D eigenvalue weighted by molar-refractivity contribution is 6.31. The summed E-state index contributed by atoms with van der Waals surface area (Å²) < 4.78 is 5.55. The second-order valence-electron chi connectivity index (χ2n) is 3.44. The Labute approximate surface area is 98.8 Å². The van der Waals surface area contributed by atoms with Crippen molar-refractivity contribution in [3.05, 3.63) is 47.1 Å². The predicted octanol–water partition coefficient (Wildman–Crippen LogP) is 3.42. The Hall–Kier alpha value is -1.74. The number of aryl methyl sites for hydroxylation is 1. The molecule has 1 aromatic heterocycles. The van der Waals surface area contributed by atoms with Gasteiger partial charge in [-0.3, -0.25) is 0 Å². The van der Waals surface area contributed by atoms with Gasteiger partial charge in [-0.2, -0.15) is 0 Å². The Morgan fingerprint density at radius 2 is 2.06 bits per heavy atom. The first kappa shape index (κ1) is 10.8. The van der Waals surface area contributed by atoms with E-state index in [1.807, 2.05) is 13.0 Å². The van der Waals surface area contributed by atoms with E-state index in [1.165, 1.54) is 0 Å². The molecular weight excluding hydrogens is 224 g/mol. The van der Waals surface area contributed by atoms with Gasteiger partial charge in [0.15, 0.2) is 0 Å². The van der Waals surface area contributed by atoms with Crippen LogP contribution < -0.4 is 10.5 Å². The summed E-state index contributed by atoms with van der Waals surface area (Å²) in [5.74, 6) is 1.17. The van der Waals surface area contributed by atoms with Crippen molar-refractivity contribution >= 4 is 17.3 Å². The van der Waals surface area contributed by atoms with Crippen LogP contribution in [0.1, 0.15) is 5.56 Å². The summed E-state index contributed by atoms with van der Waals surface area (Å²) in [4.78, 5) is 4.05. The molecule has 0 spiro atoms. The zero-order valence-corrected chi connectivity index (χ0v) is 9.53. The largest absolute Gasteiger partial charge is 0.439 e. The Kier molecular flexibility index (Phi) is 2.97. The van der Waals surface area contributed by atoms with Gasteiger partial charge in [0, 0.05) is 23.0 Å². The number of rotatable bonds is 2. The molecule has 0 saturated heterocycles. The molecule has 3 nitrogen and oxygen atoms in total. The summed E-state index contributed by atoms with van der Waals surface area (Å²) in [7, 11) is 0. The zero-order valence-electron chi connectivity index (χ0n) is 8.77. The van der Waals surface area contributed by atoms with E-state index in [0.29, 0.717) is 22.3 Å². The van der Waals surface area contributed by atoms with Gasteiger partial charge in [-0.05, 0) is 36.8 Å². The molecule has 0 aliphatic heterocycles. The maximum absolute atomic E-state index is 5.92. The van der Waals surface area contributed by atoms with E-state index in [2.05, 4.69) is 4.98 Å². The Morgan fingerprint density at radius 1 is 1.25 bits per heavy atom. The number of ether oxygens (including phenoxy) is 1. The van der Waals surface area contributed by atoms with E-state index in [9.17, 15) is 0 Å². The maximum Gasteiger partial charge on any atom is 0.221 e. The van der Waals surface area contributed by atoms with Gasteiger partial charge in [0.05, 0.1) is 0 Å². The molecule has 0 saturated carbocycles. The van der Waals surface area contributed by atoms with Crippen LogP contribution in [0.3, 0.4) is 0 Å². The number of halogens is 1. The first-order valence-electron chi connectivity index (χ1n) is 4.81. The molecule has 0 atom stereocenters. The lowest BCUT2D eigenvalue weighted by molar-refractivity contribution is 0.463. The minimum absolute atomic E-state index is 0.474. The first-order chi connectivity index (χ1) is 7.65. The molecule has 0 amide bonds. The molecule has 0 aliphatic rings. The van der Waals surface area contributed by atoms with Crippen molar-refractivity contribution in [2.24, 2.45) is 0 Å². The molecule has 1 heterocycles. The number of aromatic nitrogens is 1. The third-order valence-corrected chi connectivity index (χ3v) is 2.53. The zero-order chi connectivity index (χ0) is 11.5. The average molecular weight is 235 g/mol. The van der Waals surface area contributed by atoms with Gasteiger partial charge in [-0.1, -0.05) is 11.6 Å². The molecule has 2 N–H and O–H groups in total. The topological polar surface area (TPSA) is 48.1 Å². The summed E-state index contributed by atoms with van der Waals surface area (Å²) in [6.45, 7) is 1.92. The van der Waals surface area contributed by atoms with Crippen LogP contribution in [0.15, 0.2) is 36.5 Å². The quantitative estimate of drug-likeness (QED) is 0.866. The van der Waals surface area contributed by atoms with Gasteiger partial charge in [0.1, 0.15) is 5.75 Å². The van der Waals surface area contributed by atoms with Crippen molar-refractivity contribution < 1.29 is 4.74 Å². The highest BCUT2D eigenvalue weighted by Gasteiger charge is 2.01. The molecule has 2 aromatic rings. The monoisotopic (exact) mass is 234 g/mol. The maximum atomic E-state index is 5.92. The Balaban J connectivity index is 2.24. The summed E-state index contributed by atoms with van der Waals surface area (Å²) in [6, 6.07) is 8.82. The van der Waals surface area contributed by atoms with Gasteiger partial charge >= 0.3 is 0 Å². The molecule has 0 fully saturated rings. The normalized spacial score (nSPS) is 10.1. The number of benzene rings is 1. The average Bonchev–Trinajstić information content (AvgIpc) is 2.24. The second kappa shape index (κ2) is 4.41. The van der Waals surface area contributed by atoms with Crippen LogP contribution in [0, 0.1) is 6.92 Å². The summed E-state index contributed by atoms with van der Waals surface area (Å²) >= 11 is 5.92. The lowest BCUT2D eigenvalue weighted by atomic mass is 10.2. The fraction of sp³-hybridized carbons (Fsp3) is 0.0833. The summed E-state index contributed by atoms with van der Waals surface area (Å²) in [5, 5.41) is 0.716. The lowest BCUT2D eigenvalue weighted by Crippen LogP contribution is -1.91. The molecule has 0 unspecified atom stereocenters. The highest BCUT2D eigenvalue weighted by atomic mass is 35.5. The number of pyridine rings is 1. The summed E-state index contributed by atoms with van der Waals surface area (Å²) in [6.07, 6.45) is 1.60. The molecule has 82 valence electrons. The van der Waals surface area contributed by atoms with Gasteiger partial charge in [0.2, 0.25) is 5.88 Å². The Morgan fingerprint density at radius 3 is 2.75 bits per heavy atom. The first-order valence-corrected chi connectivity index (χ1v) is 5.18. The molecule has 0 aliphatic carbocycles. The van der Waals surface area contributed by atoms with E-state index < -0.39 is 0 Å². The van der Waals surface area contributed by atoms with Gasteiger partial charge in [0.25, 0.3) is 0 Å². The minimum Gasteiger partial charge on any atom is -0.439 e. The van der Waals surface area contributed by atoms with E-state index in [0.717, 1.165) is 5.56 Å². The van der Waals surface area contributed by atoms with E-state index in [-0.39, 0.29) is 0 Å². The van der Waals surface area contributed by atoms with Crippen molar-refractivity contribution in [2.45, 2.75) is 6.92 Å². The number of hydrogen-bond acceptors (Lipinski definition) is 3. The predicted molar refractivity (Wildman–Crippen MR) is 64.9 cm³/mol. The van der Waals surface area contributed by atoms with Crippen LogP contribution in [-0.4, -0.2) is 4.98 Å². The van der Waals surface area contributed by atoms with Crippen LogP contribution in [0.4, 0.5) is 5.69 Å². The van der Waals surface area contributed by atoms with Crippen LogP contribution in [0.2, 0.25) is 5.02 Å². The number of nitrogens with zero attached hydrogens (tertiary/aromatic N) is 1. The molecule has 0 bridgehead atoms. The van der Waals surface area contributed by atoms with Crippen molar-refractivity contribution in [3.8, 4) is 11.6 Å². The minimum atomic E-state index is 0.474. The van der Waals surface area contributed by atoms with Crippen LogP contribution in [-0.2, 0) is 0 Å². The second-order valence-corrected chi connectivity index (χ2v) is 3.85. The lowest BCUT2D eigenvalue weighted by Gasteiger charge is -2.06. The van der Waals surface area contributed by atoms with Crippen LogP contribution >= 0.6 is 11.6 Å². The molecular formula is C12H11ClN2O. The molecule has 16 heavy (non-hydrogen) atoms. The van der Waals surface area contributed by atoms with Crippen molar-refractivity contribution in [3.63, 3.8) is 0 Å². The van der Waals surface area contributed by atoms with Crippen molar-refractivity contribution in [1.29, 1.82) is 0 Å². The molecule has 2 rings (SSSR count). The van der Waals surface area contributed by atoms with Crippen LogP contribution in [0.5, 0.6) is 11.6 Å². The third kappa shape index (κ3) is 2.44. The smallest absolute Gasteiger partial charge is 0.221 e. The number of nitrogens with two attached hydrogens (primary N) is 1. The SMILES string of the molecule is Cc1cc(Oc2cc(N)ccn2)ccc1Cl. The van der Waals surface area contributed by atoms with E-state index >= 15 is 0 Å². The number of hydrogen-bond donors (Lipinski definition) is 1. The number of nitrogen functional groups attached to an aromatic ring is 1. The molecule has 1 aromatic carbocycles. The van der Waals surface area contributed by atoms with Crippen molar-refractivity contribution in [2.75, 3.05) is 5.73 Å². The standard InChI is InChI=1S/C12H11ClN2O/c1-8-6-10(2-3-11(8)13)16-12-7-9(14)4-5-15-12/h2-7H,1H3,(H2,14,15). The van der Waals surface area contributed by atoms with E-state index in [4.69, 9.17) is 22.1 Å². The van der Waals surface area contributed by atoms with Gasteiger partial charge in [-0.25, -0.2) is 4.98 Å². The molecule has 4 heteroatoms. The van der Waals surface area contributed by atoms with Crippen LogP contribution in [0.25, 0.3) is 0 Å². The third-order valence-electron chi connectivity index (χ3n) is 2.11.